The van der Waals surface area contributed by atoms with Crippen molar-refractivity contribution in [3.63, 3.8) is 0 Å². The van der Waals surface area contributed by atoms with E-state index in [1.54, 1.807) is 35.2 Å². The number of carboxylic acid groups (broad SMARTS) is 1. The molecule has 3 atom stereocenters. The summed E-state index contributed by atoms with van der Waals surface area (Å²) in [6.45, 7) is 1.17. The van der Waals surface area contributed by atoms with Crippen LogP contribution in [0.25, 0.3) is 10.8 Å². The fourth-order valence-electron chi connectivity index (χ4n) is 5.04. The number of fused-ring (bicyclic) bond motifs is 1. The molecule has 10 heteroatoms. The Hall–Kier alpha value is -4.44. The number of carbonyl (C=O) groups is 3. The highest BCUT2D eigenvalue weighted by atomic mass is 16.4. The third kappa shape index (κ3) is 7.57. The highest BCUT2D eigenvalue weighted by Gasteiger charge is 2.33. The van der Waals surface area contributed by atoms with Crippen LogP contribution in [0.15, 0.2) is 72.8 Å². The van der Waals surface area contributed by atoms with Gasteiger partial charge in [0.2, 0.25) is 5.91 Å². The maximum absolute atomic E-state index is 13.6. The van der Waals surface area contributed by atoms with Gasteiger partial charge in [0.1, 0.15) is 0 Å². The highest BCUT2D eigenvalue weighted by molar-refractivity contribution is 5.98. The van der Waals surface area contributed by atoms with E-state index in [0.717, 1.165) is 10.8 Å². The molecule has 0 bridgehead atoms. The monoisotopic (exact) mass is 544 g/mol. The molecule has 0 aromatic heterocycles. The summed E-state index contributed by atoms with van der Waals surface area (Å²) in [5, 5.41) is 28.5. The molecule has 1 unspecified atom stereocenters. The predicted octanol–water partition coefficient (Wildman–Crippen LogP) is 2.26. The Balaban J connectivity index is 1.45. The maximum Gasteiger partial charge on any atom is 0.312 e. The van der Waals surface area contributed by atoms with Crippen molar-refractivity contribution in [3.8, 4) is 0 Å². The highest BCUT2D eigenvalue weighted by Crippen LogP contribution is 2.21. The maximum atomic E-state index is 13.6. The number of amides is 2. The zero-order valence-corrected chi connectivity index (χ0v) is 22.3. The molecule has 10 nitrogen and oxygen atoms in total. The van der Waals surface area contributed by atoms with E-state index in [2.05, 4.69) is 16.0 Å². The van der Waals surface area contributed by atoms with E-state index in [9.17, 15) is 19.5 Å². The summed E-state index contributed by atoms with van der Waals surface area (Å²) in [5.41, 5.74) is 6.58. The second kappa shape index (κ2) is 13.6. The minimum Gasteiger partial charge on any atom is -0.481 e. The van der Waals surface area contributed by atoms with Gasteiger partial charge in [0.15, 0.2) is 5.96 Å². The third-order valence-corrected chi connectivity index (χ3v) is 7.20. The lowest BCUT2D eigenvalue weighted by Crippen LogP contribution is -2.49. The van der Waals surface area contributed by atoms with Gasteiger partial charge in [-0.3, -0.25) is 19.8 Å². The fraction of sp³-hybridized carbons (Fsp3) is 0.333. The predicted molar refractivity (Wildman–Crippen MR) is 154 cm³/mol. The fourth-order valence-corrected chi connectivity index (χ4v) is 5.04. The first kappa shape index (κ1) is 28.6. The van der Waals surface area contributed by atoms with E-state index < -0.39 is 17.9 Å². The molecular weight excluding hydrogens is 508 g/mol. The van der Waals surface area contributed by atoms with Gasteiger partial charge in [-0.05, 0) is 47.7 Å². The van der Waals surface area contributed by atoms with Crippen LogP contribution in [-0.4, -0.2) is 72.0 Å². The van der Waals surface area contributed by atoms with E-state index in [1.807, 2.05) is 42.5 Å². The molecule has 0 aliphatic carbocycles. The summed E-state index contributed by atoms with van der Waals surface area (Å²) < 4.78 is 0. The first-order valence-corrected chi connectivity index (χ1v) is 13.5. The molecule has 1 heterocycles. The van der Waals surface area contributed by atoms with Gasteiger partial charge in [-0.15, -0.1) is 0 Å². The Morgan fingerprint density at radius 3 is 2.50 bits per heavy atom. The number of aliphatic carboxylic acids is 1. The zero-order chi connectivity index (χ0) is 28.5. The number of hydrogen-bond donors (Lipinski definition) is 6. The minimum atomic E-state index is -0.988. The van der Waals surface area contributed by atoms with Crippen LogP contribution in [0.3, 0.4) is 0 Å². The summed E-state index contributed by atoms with van der Waals surface area (Å²) in [6, 6.07) is 21.6. The van der Waals surface area contributed by atoms with Gasteiger partial charge >= 0.3 is 5.97 Å². The topological polar surface area (TPSA) is 161 Å². The number of guanidine groups is 1. The lowest BCUT2D eigenvalue weighted by molar-refractivity contribution is -0.140. The normalized spacial score (nSPS) is 18.1. The van der Waals surface area contributed by atoms with Crippen LogP contribution in [-0.2, 0) is 9.59 Å². The van der Waals surface area contributed by atoms with E-state index in [4.69, 9.17) is 11.1 Å². The molecule has 3 aromatic carbocycles. The van der Waals surface area contributed by atoms with Gasteiger partial charge < -0.3 is 31.7 Å². The molecule has 3 aromatic rings. The molecule has 0 saturated carbocycles. The van der Waals surface area contributed by atoms with Crippen LogP contribution in [0, 0.1) is 5.41 Å². The zero-order valence-electron chi connectivity index (χ0n) is 22.3. The summed E-state index contributed by atoms with van der Waals surface area (Å²) in [4.78, 5) is 40.3. The molecule has 1 aliphatic rings. The lowest BCUT2D eigenvalue weighted by Gasteiger charge is -2.27. The van der Waals surface area contributed by atoms with Crippen LogP contribution < -0.4 is 21.7 Å². The van der Waals surface area contributed by atoms with Crippen molar-refractivity contribution < 1.29 is 19.5 Å². The lowest BCUT2D eigenvalue weighted by atomic mass is 9.98. The summed E-state index contributed by atoms with van der Waals surface area (Å²) in [6.07, 6.45) is 1.59. The van der Waals surface area contributed by atoms with Crippen LogP contribution in [0.5, 0.6) is 0 Å². The van der Waals surface area contributed by atoms with Gasteiger partial charge in [-0.1, -0.05) is 60.7 Å². The van der Waals surface area contributed by atoms with Crippen molar-refractivity contribution in [2.45, 2.75) is 37.3 Å². The Morgan fingerprint density at radius 2 is 1.77 bits per heavy atom. The molecule has 1 fully saturated rings. The number of nitrogens with zero attached hydrogens (tertiary/aromatic N) is 1. The van der Waals surface area contributed by atoms with E-state index in [-0.39, 0.29) is 30.4 Å². The van der Waals surface area contributed by atoms with Gasteiger partial charge in [-0.2, -0.15) is 0 Å². The first-order valence-electron chi connectivity index (χ1n) is 13.5. The molecule has 1 saturated heterocycles. The quantitative estimate of drug-likeness (QED) is 0.123. The second-order valence-corrected chi connectivity index (χ2v) is 10.0. The third-order valence-electron chi connectivity index (χ3n) is 7.20. The molecule has 4 rings (SSSR count). The largest absolute Gasteiger partial charge is 0.481 e. The van der Waals surface area contributed by atoms with Crippen molar-refractivity contribution in [1.29, 1.82) is 5.41 Å². The number of nitrogens with one attached hydrogen (secondary N) is 4. The smallest absolute Gasteiger partial charge is 0.312 e. The number of rotatable bonds is 11. The molecule has 0 spiro atoms. The average molecular weight is 545 g/mol. The Kier molecular flexibility index (Phi) is 9.69. The number of carboxylic acids is 1. The molecule has 1 aliphatic heterocycles. The van der Waals surface area contributed by atoms with Crippen molar-refractivity contribution >= 4 is 34.5 Å². The average Bonchev–Trinajstić information content (AvgIpc) is 3.10. The number of benzene rings is 3. The number of carbonyl (C=O) groups excluding carboxylic acids is 2. The molecule has 2 amide bonds. The van der Waals surface area contributed by atoms with Gasteiger partial charge in [0.05, 0.1) is 12.0 Å². The molecule has 40 heavy (non-hydrogen) atoms. The number of nitrogens with two attached hydrogens (primary N) is 1. The summed E-state index contributed by atoms with van der Waals surface area (Å²) in [7, 11) is 0. The van der Waals surface area contributed by atoms with Gasteiger partial charge in [-0.25, -0.2) is 0 Å². The first-order chi connectivity index (χ1) is 19.3. The second-order valence-electron chi connectivity index (χ2n) is 10.0. The Bertz CT molecular complexity index is 1350. The Labute approximate surface area is 233 Å². The van der Waals surface area contributed by atoms with Crippen LogP contribution in [0.2, 0.25) is 0 Å². The van der Waals surface area contributed by atoms with E-state index >= 15 is 0 Å². The summed E-state index contributed by atoms with van der Waals surface area (Å²) >= 11 is 0. The van der Waals surface area contributed by atoms with Crippen LogP contribution in [0.4, 0.5) is 0 Å². The molecule has 0 radical (unpaired) electrons. The minimum absolute atomic E-state index is 0.0538. The van der Waals surface area contributed by atoms with Crippen molar-refractivity contribution in [2.24, 2.45) is 5.73 Å². The van der Waals surface area contributed by atoms with E-state index in [1.165, 1.54) is 0 Å². The van der Waals surface area contributed by atoms with Crippen LogP contribution >= 0.6 is 0 Å². The molecule has 7 N–H and O–H groups in total. The van der Waals surface area contributed by atoms with Crippen molar-refractivity contribution in [3.05, 3.63) is 83.9 Å². The SMILES string of the molecule is N=C(N)NCCC[C@@H]1N[C@H](CNC(=O)c2ccc3ccccc3c2)CCN(CC(C(=O)O)c2ccccc2)C1=O. The molecule has 210 valence electrons. The van der Waals surface area contributed by atoms with Crippen molar-refractivity contribution in [1.82, 2.24) is 20.9 Å². The standard InChI is InChI=1S/C30H36N6O4/c31-30(32)33-15-6-11-26-28(38)36(19-25(29(39)40)21-8-2-1-3-9-21)16-14-24(35-26)18-34-27(37)23-13-12-20-7-4-5-10-22(20)17-23/h1-5,7-10,12-13,17,24-26,35H,6,11,14-16,18-19H2,(H,34,37)(H,39,40)(H4,31,32,33)/t24-,25?,26-/m0/s1. The van der Waals surface area contributed by atoms with Crippen LogP contribution in [0.1, 0.15) is 41.1 Å². The van der Waals surface area contributed by atoms with Gasteiger partial charge in [0, 0.05) is 37.8 Å². The van der Waals surface area contributed by atoms with E-state index in [0.29, 0.717) is 50.0 Å². The molecular formula is C30H36N6O4. The number of hydrogen-bond acceptors (Lipinski definition) is 5. The Morgan fingerprint density at radius 1 is 1.05 bits per heavy atom. The van der Waals surface area contributed by atoms with Crippen molar-refractivity contribution in [2.75, 3.05) is 26.2 Å². The van der Waals surface area contributed by atoms with Gasteiger partial charge in [0.25, 0.3) is 5.91 Å². The summed E-state index contributed by atoms with van der Waals surface area (Å²) in [5.74, 6) is -2.35.